The fraction of sp³-hybridized carbons (Fsp3) is 0. The number of halogens is 1. The highest BCUT2D eigenvalue weighted by Crippen LogP contribution is 2.24. The fourth-order valence-electron chi connectivity index (χ4n) is 1.95. The third-order valence-electron chi connectivity index (χ3n) is 2.95. The molecule has 2 nitrogen and oxygen atoms in total. The molecule has 0 unspecified atom stereocenters. The molecule has 0 atom stereocenters. The van der Waals surface area contributed by atoms with E-state index in [1.807, 2.05) is 18.2 Å². The van der Waals surface area contributed by atoms with Gasteiger partial charge in [-0.1, -0.05) is 54.6 Å². The zero-order valence-electron chi connectivity index (χ0n) is 10.1. The number of rotatable bonds is 2. The molecule has 0 aliphatic carbocycles. The zero-order valence-corrected chi connectivity index (χ0v) is 10.9. The lowest BCUT2D eigenvalue weighted by Crippen LogP contribution is -1.84. The molecule has 19 heavy (non-hydrogen) atoms. The lowest BCUT2D eigenvalue weighted by Gasteiger charge is -2.04. The van der Waals surface area contributed by atoms with Crippen LogP contribution in [0, 0.1) is 0 Å². The maximum atomic E-state index is 5.68. The molecule has 3 heteroatoms. The molecule has 0 saturated carbocycles. The van der Waals surface area contributed by atoms with Gasteiger partial charge in [-0.15, -0.1) is 0 Å². The van der Waals surface area contributed by atoms with Gasteiger partial charge in [0, 0.05) is 18.0 Å². The SMILES string of the molecule is Clc1ncc(-c2ccc(-c3ccccc3)cc2)cn1. The average molecular weight is 267 g/mol. The van der Waals surface area contributed by atoms with Gasteiger partial charge in [0.05, 0.1) is 0 Å². The second-order valence-electron chi connectivity index (χ2n) is 4.18. The molecule has 0 fully saturated rings. The van der Waals surface area contributed by atoms with Crippen molar-refractivity contribution in [2.24, 2.45) is 0 Å². The molecular formula is C16H11ClN2. The molecule has 0 radical (unpaired) electrons. The second kappa shape index (κ2) is 5.21. The molecule has 0 aliphatic rings. The van der Waals surface area contributed by atoms with E-state index in [1.165, 1.54) is 11.1 Å². The summed E-state index contributed by atoms with van der Waals surface area (Å²) >= 11 is 5.68. The van der Waals surface area contributed by atoms with Gasteiger partial charge in [0.15, 0.2) is 0 Å². The van der Waals surface area contributed by atoms with Gasteiger partial charge in [0.2, 0.25) is 5.28 Å². The van der Waals surface area contributed by atoms with Gasteiger partial charge in [-0.05, 0) is 28.3 Å². The van der Waals surface area contributed by atoms with Crippen LogP contribution in [-0.4, -0.2) is 9.97 Å². The summed E-state index contributed by atoms with van der Waals surface area (Å²) in [5.41, 5.74) is 4.45. The van der Waals surface area contributed by atoms with Crippen molar-refractivity contribution in [3.63, 3.8) is 0 Å². The topological polar surface area (TPSA) is 25.8 Å². The quantitative estimate of drug-likeness (QED) is 0.640. The Labute approximate surface area is 116 Å². The van der Waals surface area contributed by atoms with Crippen LogP contribution in [0.3, 0.4) is 0 Å². The molecule has 2 aromatic carbocycles. The van der Waals surface area contributed by atoms with Crippen LogP contribution in [0.25, 0.3) is 22.3 Å². The minimum atomic E-state index is 0.268. The lowest BCUT2D eigenvalue weighted by molar-refractivity contribution is 1.17. The zero-order chi connectivity index (χ0) is 13.1. The standard InChI is InChI=1S/C16H11ClN2/c17-16-18-10-15(11-19-16)14-8-6-13(7-9-14)12-4-2-1-3-5-12/h1-11H. The summed E-state index contributed by atoms with van der Waals surface area (Å²) in [6.07, 6.45) is 3.46. The summed E-state index contributed by atoms with van der Waals surface area (Å²) in [6, 6.07) is 18.6. The van der Waals surface area contributed by atoms with Crippen molar-refractivity contribution in [3.8, 4) is 22.3 Å². The van der Waals surface area contributed by atoms with Crippen LogP contribution < -0.4 is 0 Å². The number of nitrogens with zero attached hydrogens (tertiary/aromatic N) is 2. The van der Waals surface area contributed by atoms with Crippen molar-refractivity contribution in [1.29, 1.82) is 0 Å². The Morgan fingerprint density at radius 2 is 1.05 bits per heavy atom. The highest BCUT2D eigenvalue weighted by atomic mass is 35.5. The summed E-state index contributed by atoms with van der Waals surface area (Å²) in [6.45, 7) is 0. The number of hydrogen-bond acceptors (Lipinski definition) is 2. The van der Waals surface area contributed by atoms with Crippen LogP contribution >= 0.6 is 11.6 Å². The first kappa shape index (κ1) is 11.9. The van der Waals surface area contributed by atoms with Gasteiger partial charge in [-0.25, -0.2) is 9.97 Å². The van der Waals surface area contributed by atoms with Crippen LogP contribution in [0.5, 0.6) is 0 Å². The van der Waals surface area contributed by atoms with E-state index in [2.05, 4.69) is 46.4 Å². The first-order valence-corrected chi connectivity index (χ1v) is 6.34. The third kappa shape index (κ3) is 2.64. The summed E-state index contributed by atoms with van der Waals surface area (Å²) in [4.78, 5) is 7.98. The van der Waals surface area contributed by atoms with Crippen molar-refractivity contribution in [1.82, 2.24) is 9.97 Å². The first-order chi connectivity index (χ1) is 9.33. The number of hydrogen-bond donors (Lipinski definition) is 0. The van der Waals surface area contributed by atoms with Crippen LogP contribution in [0.4, 0.5) is 0 Å². The van der Waals surface area contributed by atoms with Crippen LogP contribution in [0.15, 0.2) is 67.0 Å². The molecule has 1 heterocycles. The van der Waals surface area contributed by atoms with Crippen molar-refractivity contribution in [3.05, 3.63) is 72.3 Å². The van der Waals surface area contributed by atoms with E-state index in [0.29, 0.717) is 0 Å². The van der Waals surface area contributed by atoms with Crippen molar-refractivity contribution in [2.75, 3.05) is 0 Å². The monoisotopic (exact) mass is 266 g/mol. The molecule has 3 aromatic rings. The highest BCUT2D eigenvalue weighted by Gasteiger charge is 2.01. The van der Waals surface area contributed by atoms with Gasteiger partial charge in [-0.2, -0.15) is 0 Å². The molecule has 0 amide bonds. The summed E-state index contributed by atoms with van der Waals surface area (Å²) in [7, 11) is 0. The molecule has 3 rings (SSSR count). The largest absolute Gasteiger partial charge is 0.226 e. The highest BCUT2D eigenvalue weighted by molar-refractivity contribution is 6.28. The maximum Gasteiger partial charge on any atom is 0.222 e. The summed E-state index contributed by atoms with van der Waals surface area (Å²) in [5.74, 6) is 0. The van der Waals surface area contributed by atoms with Gasteiger partial charge >= 0.3 is 0 Å². The summed E-state index contributed by atoms with van der Waals surface area (Å²) < 4.78 is 0. The molecule has 0 N–H and O–H groups in total. The number of aromatic nitrogens is 2. The Kier molecular flexibility index (Phi) is 3.25. The molecule has 0 spiro atoms. The van der Waals surface area contributed by atoms with Crippen molar-refractivity contribution < 1.29 is 0 Å². The Morgan fingerprint density at radius 1 is 0.579 bits per heavy atom. The summed E-state index contributed by atoms with van der Waals surface area (Å²) in [5, 5.41) is 0.268. The van der Waals surface area contributed by atoms with E-state index in [1.54, 1.807) is 12.4 Å². The lowest BCUT2D eigenvalue weighted by atomic mass is 10.0. The maximum absolute atomic E-state index is 5.68. The Morgan fingerprint density at radius 3 is 1.63 bits per heavy atom. The van der Waals surface area contributed by atoms with E-state index in [-0.39, 0.29) is 5.28 Å². The molecule has 0 aliphatic heterocycles. The van der Waals surface area contributed by atoms with Crippen molar-refractivity contribution >= 4 is 11.6 Å². The van der Waals surface area contributed by atoms with E-state index >= 15 is 0 Å². The molecule has 0 saturated heterocycles. The molecule has 0 bridgehead atoms. The minimum Gasteiger partial charge on any atom is -0.226 e. The van der Waals surface area contributed by atoms with Gasteiger partial charge < -0.3 is 0 Å². The van der Waals surface area contributed by atoms with Crippen LogP contribution in [0.2, 0.25) is 5.28 Å². The third-order valence-corrected chi connectivity index (χ3v) is 3.14. The number of benzene rings is 2. The second-order valence-corrected chi connectivity index (χ2v) is 4.52. The Balaban J connectivity index is 1.93. The van der Waals surface area contributed by atoms with Crippen LogP contribution in [-0.2, 0) is 0 Å². The molecule has 1 aromatic heterocycles. The van der Waals surface area contributed by atoms with E-state index in [9.17, 15) is 0 Å². The van der Waals surface area contributed by atoms with E-state index < -0.39 is 0 Å². The average Bonchev–Trinajstić information content (AvgIpc) is 2.49. The van der Waals surface area contributed by atoms with Gasteiger partial charge in [-0.3, -0.25) is 0 Å². The minimum absolute atomic E-state index is 0.268. The molecular weight excluding hydrogens is 256 g/mol. The fourth-order valence-corrected chi connectivity index (χ4v) is 2.04. The predicted octanol–water partition coefficient (Wildman–Crippen LogP) is 4.46. The van der Waals surface area contributed by atoms with E-state index in [4.69, 9.17) is 11.6 Å². The Bertz CT molecular complexity index is 661. The van der Waals surface area contributed by atoms with Gasteiger partial charge in [0.1, 0.15) is 0 Å². The normalized spacial score (nSPS) is 10.4. The van der Waals surface area contributed by atoms with E-state index in [0.717, 1.165) is 11.1 Å². The van der Waals surface area contributed by atoms with Gasteiger partial charge in [0.25, 0.3) is 0 Å². The van der Waals surface area contributed by atoms with Crippen molar-refractivity contribution in [2.45, 2.75) is 0 Å². The predicted molar refractivity (Wildman–Crippen MR) is 77.9 cm³/mol. The van der Waals surface area contributed by atoms with Crippen LogP contribution in [0.1, 0.15) is 0 Å². The Hall–Kier alpha value is -2.19. The first-order valence-electron chi connectivity index (χ1n) is 5.96. The molecule has 92 valence electrons. The smallest absolute Gasteiger partial charge is 0.222 e.